The van der Waals surface area contributed by atoms with E-state index in [0.29, 0.717) is 5.02 Å². The summed E-state index contributed by atoms with van der Waals surface area (Å²) in [4.78, 5) is 0.785. The monoisotopic (exact) mass is 224 g/mol. The van der Waals surface area contributed by atoms with Crippen LogP contribution in [0.25, 0.3) is 11.1 Å². The molecule has 4 heteroatoms. The summed E-state index contributed by atoms with van der Waals surface area (Å²) in [5, 5.41) is 4.77. The van der Waals surface area contributed by atoms with Gasteiger partial charge in [0, 0.05) is 29.3 Å². The van der Waals surface area contributed by atoms with Crippen molar-refractivity contribution in [2.75, 3.05) is 0 Å². The summed E-state index contributed by atoms with van der Waals surface area (Å²) in [5.41, 5.74) is 1.97. The van der Waals surface area contributed by atoms with Crippen LogP contribution < -0.4 is 0 Å². The second-order valence-electron chi connectivity index (χ2n) is 3.04. The molecule has 72 valence electrons. The fraction of sp³-hybridized carbons (Fsp3) is 0.100. The Morgan fingerprint density at radius 3 is 2.86 bits per heavy atom. The Hall–Kier alpha value is -0.930. The van der Waals surface area contributed by atoms with Gasteiger partial charge >= 0.3 is 0 Å². The summed E-state index contributed by atoms with van der Waals surface area (Å²) in [6.45, 7) is 0. The van der Waals surface area contributed by atoms with Crippen LogP contribution in [0.3, 0.4) is 0 Å². The normalized spacial score (nSPS) is 10.5. The lowest BCUT2D eigenvalue weighted by molar-refractivity contribution is 0.768. The zero-order valence-electron chi connectivity index (χ0n) is 7.61. The van der Waals surface area contributed by atoms with E-state index in [1.165, 1.54) is 0 Å². The standard InChI is InChI=1S/C10H9ClN2S/c1-13-6-7(5-12-13)8-3-2-4-9(14)10(8)11/h2-6,14H,1H3. The molecular weight excluding hydrogens is 216 g/mol. The van der Waals surface area contributed by atoms with Crippen LogP contribution >= 0.6 is 24.2 Å². The summed E-state index contributed by atoms with van der Waals surface area (Å²) in [5.74, 6) is 0. The third-order valence-corrected chi connectivity index (χ3v) is 2.91. The van der Waals surface area contributed by atoms with E-state index in [-0.39, 0.29) is 0 Å². The van der Waals surface area contributed by atoms with Crippen LogP contribution in [0.5, 0.6) is 0 Å². The average molecular weight is 225 g/mol. The number of rotatable bonds is 1. The average Bonchev–Trinajstić information content (AvgIpc) is 2.57. The van der Waals surface area contributed by atoms with Crippen molar-refractivity contribution in [3.05, 3.63) is 35.6 Å². The van der Waals surface area contributed by atoms with Gasteiger partial charge in [0.05, 0.1) is 11.2 Å². The topological polar surface area (TPSA) is 17.8 Å². The Labute approximate surface area is 92.9 Å². The summed E-state index contributed by atoms with van der Waals surface area (Å²) < 4.78 is 1.75. The van der Waals surface area contributed by atoms with E-state index < -0.39 is 0 Å². The molecule has 0 aliphatic heterocycles. The summed E-state index contributed by atoms with van der Waals surface area (Å²) in [7, 11) is 1.88. The first-order valence-corrected chi connectivity index (χ1v) is 4.97. The van der Waals surface area contributed by atoms with Crippen molar-refractivity contribution in [2.45, 2.75) is 4.90 Å². The highest BCUT2D eigenvalue weighted by atomic mass is 35.5. The first-order chi connectivity index (χ1) is 6.68. The van der Waals surface area contributed by atoms with E-state index in [2.05, 4.69) is 17.7 Å². The number of aromatic nitrogens is 2. The number of hydrogen-bond acceptors (Lipinski definition) is 2. The van der Waals surface area contributed by atoms with E-state index in [1.54, 1.807) is 10.9 Å². The van der Waals surface area contributed by atoms with Gasteiger partial charge in [0.15, 0.2) is 0 Å². The molecule has 0 radical (unpaired) electrons. The Kier molecular flexibility index (Phi) is 2.52. The quantitative estimate of drug-likeness (QED) is 0.738. The molecular formula is C10H9ClN2S. The van der Waals surface area contributed by atoms with Crippen molar-refractivity contribution in [1.29, 1.82) is 0 Å². The summed E-state index contributed by atoms with van der Waals surface area (Å²) >= 11 is 10.4. The molecule has 1 aromatic heterocycles. The van der Waals surface area contributed by atoms with Gasteiger partial charge in [-0.05, 0) is 6.07 Å². The van der Waals surface area contributed by atoms with Crippen molar-refractivity contribution in [1.82, 2.24) is 9.78 Å². The molecule has 2 nitrogen and oxygen atoms in total. The minimum absolute atomic E-state index is 0.670. The maximum absolute atomic E-state index is 6.12. The van der Waals surface area contributed by atoms with Crippen molar-refractivity contribution in [3.8, 4) is 11.1 Å². The number of aryl methyl sites for hydroxylation is 1. The molecule has 1 heterocycles. The van der Waals surface area contributed by atoms with Gasteiger partial charge in [0.1, 0.15) is 0 Å². The highest BCUT2D eigenvalue weighted by Gasteiger charge is 2.06. The second-order valence-corrected chi connectivity index (χ2v) is 3.90. The molecule has 0 aliphatic rings. The largest absolute Gasteiger partial charge is 0.275 e. The molecule has 1 aromatic carbocycles. The molecule has 0 N–H and O–H groups in total. The summed E-state index contributed by atoms with van der Waals surface area (Å²) in [6, 6.07) is 5.75. The number of halogens is 1. The zero-order chi connectivity index (χ0) is 10.1. The minimum Gasteiger partial charge on any atom is -0.275 e. The molecule has 2 aromatic rings. The smallest absolute Gasteiger partial charge is 0.0618 e. The zero-order valence-corrected chi connectivity index (χ0v) is 9.26. The molecule has 0 saturated heterocycles. The van der Waals surface area contributed by atoms with Crippen LogP contribution in [-0.2, 0) is 7.05 Å². The minimum atomic E-state index is 0.670. The van der Waals surface area contributed by atoms with E-state index in [0.717, 1.165) is 16.0 Å². The van der Waals surface area contributed by atoms with E-state index >= 15 is 0 Å². The van der Waals surface area contributed by atoms with Gasteiger partial charge in [-0.25, -0.2) is 0 Å². The lowest BCUT2D eigenvalue weighted by Gasteiger charge is -2.02. The lowest BCUT2D eigenvalue weighted by atomic mass is 10.1. The number of nitrogens with zero attached hydrogens (tertiary/aromatic N) is 2. The van der Waals surface area contributed by atoms with Crippen LogP contribution in [0.1, 0.15) is 0 Å². The third-order valence-electron chi connectivity index (χ3n) is 1.99. The van der Waals surface area contributed by atoms with Crippen molar-refractivity contribution in [3.63, 3.8) is 0 Å². The Bertz CT molecular complexity index is 465. The second kappa shape index (κ2) is 3.67. The van der Waals surface area contributed by atoms with Gasteiger partial charge in [0.2, 0.25) is 0 Å². The van der Waals surface area contributed by atoms with Crippen LogP contribution in [0.15, 0.2) is 35.5 Å². The fourth-order valence-electron chi connectivity index (χ4n) is 1.30. The molecule has 0 unspecified atom stereocenters. The van der Waals surface area contributed by atoms with Crippen molar-refractivity contribution in [2.24, 2.45) is 7.05 Å². The molecule has 0 amide bonds. The maximum atomic E-state index is 6.12. The van der Waals surface area contributed by atoms with Gasteiger partial charge in [-0.15, -0.1) is 12.6 Å². The predicted molar refractivity (Wildman–Crippen MR) is 60.9 cm³/mol. The highest BCUT2D eigenvalue weighted by molar-refractivity contribution is 7.80. The van der Waals surface area contributed by atoms with E-state index in [1.807, 2.05) is 31.4 Å². The lowest BCUT2D eigenvalue weighted by Crippen LogP contribution is -1.84. The fourth-order valence-corrected chi connectivity index (χ4v) is 1.74. The Morgan fingerprint density at radius 1 is 1.43 bits per heavy atom. The molecule has 0 saturated carbocycles. The third kappa shape index (κ3) is 1.65. The molecule has 0 spiro atoms. The van der Waals surface area contributed by atoms with Crippen molar-refractivity contribution < 1.29 is 0 Å². The van der Waals surface area contributed by atoms with Crippen molar-refractivity contribution >= 4 is 24.2 Å². The SMILES string of the molecule is Cn1cc(-c2cccc(S)c2Cl)cn1. The summed E-state index contributed by atoms with van der Waals surface area (Å²) in [6.07, 6.45) is 3.71. The number of thiol groups is 1. The Morgan fingerprint density at radius 2 is 2.21 bits per heavy atom. The first-order valence-electron chi connectivity index (χ1n) is 4.15. The first kappa shape index (κ1) is 9.62. The molecule has 0 aliphatic carbocycles. The number of hydrogen-bond donors (Lipinski definition) is 1. The number of benzene rings is 1. The predicted octanol–water partition coefficient (Wildman–Crippen LogP) is 3.03. The Balaban J connectivity index is 2.57. The van der Waals surface area contributed by atoms with Gasteiger partial charge in [0.25, 0.3) is 0 Å². The van der Waals surface area contributed by atoms with E-state index in [4.69, 9.17) is 11.6 Å². The maximum Gasteiger partial charge on any atom is 0.0618 e. The van der Waals surface area contributed by atoms with Gasteiger partial charge in [-0.2, -0.15) is 5.10 Å². The van der Waals surface area contributed by atoms with Gasteiger partial charge in [-0.1, -0.05) is 23.7 Å². The molecule has 2 rings (SSSR count). The molecule has 14 heavy (non-hydrogen) atoms. The van der Waals surface area contributed by atoms with Crippen LogP contribution in [0.2, 0.25) is 5.02 Å². The molecule has 0 fully saturated rings. The molecule has 0 atom stereocenters. The van der Waals surface area contributed by atoms with E-state index in [9.17, 15) is 0 Å². The van der Waals surface area contributed by atoms with Crippen LogP contribution in [-0.4, -0.2) is 9.78 Å². The van der Waals surface area contributed by atoms with Crippen LogP contribution in [0.4, 0.5) is 0 Å². The van der Waals surface area contributed by atoms with Gasteiger partial charge in [-0.3, -0.25) is 4.68 Å². The van der Waals surface area contributed by atoms with Gasteiger partial charge < -0.3 is 0 Å². The molecule has 0 bridgehead atoms. The van der Waals surface area contributed by atoms with Crippen LogP contribution in [0, 0.1) is 0 Å². The highest BCUT2D eigenvalue weighted by Crippen LogP contribution is 2.31.